The van der Waals surface area contributed by atoms with Crippen molar-refractivity contribution in [1.29, 1.82) is 0 Å². The highest BCUT2D eigenvalue weighted by Gasteiger charge is 2.16. The number of aryl methyl sites for hydroxylation is 1. The fourth-order valence-corrected chi connectivity index (χ4v) is 2.10. The Morgan fingerprint density at radius 1 is 1.35 bits per heavy atom. The Bertz CT molecular complexity index is 543. The Kier molecular flexibility index (Phi) is 3.54. The Morgan fingerprint density at radius 3 is 2.82 bits per heavy atom. The summed E-state index contributed by atoms with van der Waals surface area (Å²) in [6, 6.07) is 7.94. The quantitative estimate of drug-likeness (QED) is 0.923. The lowest BCUT2D eigenvalue weighted by Crippen LogP contribution is -2.16. The molecule has 0 amide bonds. The first kappa shape index (κ1) is 12.2. The maximum Gasteiger partial charge on any atom is 0.128 e. The van der Waals surface area contributed by atoms with E-state index < -0.39 is 6.04 Å². The molecule has 0 bridgehead atoms. The second kappa shape index (κ2) is 4.94. The van der Waals surface area contributed by atoms with E-state index in [9.17, 15) is 4.39 Å². The molecule has 2 aromatic rings. The van der Waals surface area contributed by atoms with Crippen molar-refractivity contribution in [3.63, 3.8) is 0 Å². The molecule has 88 valence electrons. The number of pyridine rings is 1. The van der Waals surface area contributed by atoms with Crippen LogP contribution >= 0.6 is 15.9 Å². The maximum atomic E-state index is 13.7. The highest BCUT2D eigenvalue weighted by molar-refractivity contribution is 9.10. The molecule has 1 heterocycles. The Labute approximate surface area is 108 Å². The van der Waals surface area contributed by atoms with E-state index in [-0.39, 0.29) is 5.82 Å². The zero-order valence-corrected chi connectivity index (χ0v) is 10.9. The van der Waals surface area contributed by atoms with Crippen LogP contribution in [0.25, 0.3) is 0 Å². The predicted molar refractivity (Wildman–Crippen MR) is 69.1 cm³/mol. The summed E-state index contributed by atoms with van der Waals surface area (Å²) in [7, 11) is 0. The minimum atomic E-state index is -0.548. The van der Waals surface area contributed by atoms with Gasteiger partial charge in [-0.3, -0.25) is 4.98 Å². The number of benzene rings is 1. The van der Waals surface area contributed by atoms with E-state index in [2.05, 4.69) is 20.9 Å². The smallest absolute Gasteiger partial charge is 0.128 e. The average Bonchev–Trinajstić information content (AvgIpc) is 2.32. The van der Waals surface area contributed by atoms with Gasteiger partial charge in [0.25, 0.3) is 0 Å². The van der Waals surface area contributed by atoms with Crippen molar-refractivity contribution in [1.82, 2.24) is 4.98 Å². The second-order valence-corrected chi connectivity index (χ2v) is 4.76. The molecular formula is C13H12BrFN2. The number of nitrogens with zero attached hydrogens (tertiary/aromatic N) is 1. The van der Waals surface area contributed by atoms with Crippen molar-refractivity contribution in [2.75, 3.05) is 0 Å². The van der Waals surface area contributed by atoms with Gasteiger partial charge in [0.1, 0.15) is 5.82 Å². The van der Waals surface area contributed by atoms with Crippen LogP contribution in [0.4, 0.5) is 4.39 Å². The second-order valence-electron chi connectivity index (χ2n) is 3.85. The molecule has 0 aliphatic carbocycles. The van der Waals surface area contributed by atoms with Crippen molar-refractivity contribution >= 4 is 15.9 Å². The zero-order chi connectivity index (χ0) is 12.4. The van der Waals surface area contributed by atoms with Crippen LogP contribution in [-0.4, -0.2) is 4.98 Å². The Morgan fingerprint density at radius 2 is 2.12 bits per heavy atom. The van der Waals surface area contributed by atoms with Gasteiger partial charge in [0.05, 0.1) is 11.7 Å². The molecule has 2 nitrogen and oxygen atoms in total. The van der Waals surface area contributed by atoms with Crippen LogP contribution in [0.3, 0.4) is 0 Å². The van der Waals surface area contributed by atoms with E-state index in [1.807, 2.05) is 19.1 Å². The van der Waals surface area contributed by atoms with Crippen LogP contribution in [0, 0.1) is 12.7 Å². The zero-order valence-electron chi connectivity index (χ0n) is 9.32. The van der Waals surface area contributed by atoms with Gasteiger partial charge in [-0.05, 0) is 36.8 Å². The molecule has 17 heavy (non-hydrogen) atoms. The van der Waals surface area contributed by atoms with Crippen LogP contribution < -0.4 is 5.73 Å². The summed E-state index contributed by atoms with van der Waals surface area (Å²) in [4.78, 5) is 4.22. The molecule has 0 saturated carbocycles. The van der Waals surface area contributed by atoms with Crippen molar-refractivity contribution in [3.8, 4) is 0 Å². The van der Waals surface area contributed by atoms with E-state index in [0.717, 1.165) is 10.0 Å². The van der Waals surface area contributed by atoms with Gasteiger partial charge >= 0.3 is 0 Å². The third kappa shape index (κ3) is 2.53. The van der Waals surface area contributed by atoms with Crippen LogP contribution in [-0.2, 0) is 0 Å². The summed E-state index contributed by atoms with van der Waals surface area (Å²) in [6.07, 6.45) is 1.66. The van der Waals surface area contributed by atoms with E-state index in [1.54, 1.807) is 18.3 Å². The highest BCUT2D eigenvalue weighted by atomic mass is 79.9. The minimum absolute atomic E-state index is 0.314. The summed E-state index contributed by atoms with van der Waals surface area (Å²) in [5.74, 6) is -0.314. The molecule has 1 atom stereocenters. The normalized spacial score (nSPS) is 12.5. The van der Waals surface area contributed by atoms with E-state index in [1.165, 1.54) is 6.07 Å². The largest absolute Gasteiger partial charge is 0.319 e. The monoisotopic (exact) mass is 294 g/mol. The van der Waals surface area contributed by atoms with Gasteiger partial charge in [0.2, 0.25) is 0 Å². The first-order valence-electron chi connectivity index (χ1n) is 5.21. The minimum Gasteiger partial charge on any atom is -0.319 e. The maximum absolute atomic E-state index is 13.7. The SMILES string of the molecule is Cc1cccnc1C(N)c1cc(Br)ccc1F. The first-order chi connectivity index (χ1) is 8.09. The van der Waals surface area contributed by atoms with E-state index in [0.29, 0.717) is 11.3 Å². The van der Waals surface area contributed by atoms with Gasteiger partial charge < -0.3 is 5.73 Å². The number of aromatic nitrogens is 1. The van der Waals surface area contributed by atoms with Gasteiger partial charge in [0.15, 0.2) is 0 Å². The molecule has 1 unspecified atom stereocenters. The molecule has 0 spiro atoms. The number of hydrogen-bond acceptors (Lipinski definition) is 2. The number of hydrogen-bond donors (Lipinski definition) is 1. The van der Waals surface area contributed by atoms with Crippen molar-refractivity contribution in [3.05, 3.63) is 63.6 Å². The number of halogens is 2. The molecule has 1 aromatic carbocycles. The van der Waals surface area contributed by atoms with Gasteiger partial charge in [-0.2, -0.15) is 0 Å². The van der Waals surface area contributed by atoms with Gasteiger partial charge in [-0.15, -0.1) is 0 Å². The van der Waals surface area contributed by atoms with Crippen LogP contribution in [0.2, 0.25) is 0 Å². The summed E-state index contributed by atoms with van der Waals surface area (Å²) >= 11 is 3.31. The van der Waals surface area contributed by atoms with Gasteiger partial charge in [-0.1, -0.05) is 22.0 Å². The fourth-order valence-electron chi connectivity index (χ4n) is 1.72. The Balaban J connectivity index is 2.47. The lowest BCUT2D eigenvalue weighted by molar-refractivity contribution is 0.596. The lowest BCUT2D eigenvalue weighted by atomic mass is 10.0. The average molecular weight is 295 g/mol. The molecule has 0 aliphatic heterocycles. The predicted octanol–water partition coefficient (Wildman–Crippen LogP) is 3.34. The van der Waals surface area contributed by atoms with Crippen molar-refractivity contribution < 1.29 is 4.39 Å². The van der Waals surface area contributed by atoms with Crippen LogP contribution in [0.1, 0.15) is 22.9 Å². The molecular weight excluding hydrogens is 283 g/mol. The summed E-state index contributed by atoms with van der Waals surface area (Å²) in [6.45, 7) is 1.91. The van der Waals surface area contributed by atoms with Crippen LogP contribution in [0.15, 0.2) is 41.0 Å². The molecule has 0 aliphatic rings. The van der Waals surface area contributed by atoms with Gasteiger partial charge in [0, 0.05) is 16.2 Å². The van der Waals surface area contributed by atoms with Gasteiger partial charge in [-0.25, -0.2) is 4.39 Å². The Hall–Kier alpha value is -1.26. The van der Waals surface area contributed by atoms with E-state index in [4.69, 9.17) is 5.73 Å². The topological polar surface area (TPSA) is 38.9 Å². The van der Waals surface area contributed by atoms with Crippen LogP contribution in [0.5, 0.6) is 0 Å². The standard InChI is InChI=1S/C13H12BrFN2/c1-8-3-2-6-17-13(8)12(16)10-7-9(14)4-5-11(10)15/h2-7,12H,16H2,1H3. The molecule has 0 saturated heterocycles. The lowest BCUT2D eigenvalue weighted by Gasteiger charge is -2.14. The highest BCUT2D eigenvalue weighted by Crippen LogP contribution is 2.25. The fraction of sp³-hybridized carbons (Fsp3) is 0.154. The van der Waals surface area contributed by atoms with E-state index >= 15 is 0 Å². The summed E-state index contributed by atoms with van der Waals surface area (Å²) in [5.41, 5.74) is 8.17. The first-order valence-corrected chi connectivity index (χ1v) is 6.01. The molecule has 2 N–H and O–H groups in total. The molecule has 0 fully saturated rings. The summed E-state index contributed by atoms with van der Waals surface area (Å²) < 4.78 is 14.5. The molecule has 1 aromatic heterocycles. The summed E-state index contributed by atoms with van der Waals surface area (Å²) in [5, 5.41) is 0. The number of nitrogens with two attached hydrogens (primary N) is 1. The molecule has 4 heteroatoms. The molecule has 2 rings (SSSR count). The third-order valence-corrected chi connectivity index (χ3v) is 3.13. The third-order valence-electron chi connectivity index (χ3n) is 2.64. The van der Waals surface area contributed by atoms with Crippen molar-refractivity contribution in [2.24, 2.45) is 5.73 Å². The van der Waals surface area contributed by atoms with Crippen molar-refractivity contribution in [2.45, 2.75) is 13.0 Å². The number of rotatable bonds is 2. The molecule has 0 radical (unpaired) electrons.